The van der Waals surface area contributed by atoms with Crippen molar-refractivity contribution in [3.05, 3.63) is 92.5 Å². The Morgan fingerprint density at radius 3 is 2.57 bits per heavy atom. The molecule has 6 nitrogen and oxygen atoms in total. The zero-order valence-electron chi connectivity index (χ0n) is 15.2. The van der Waals surface area contributed by atoms with E-state index in [1.54, 1.807) is 16.2 Å². The number of carbonyl (C=O) groups excluding carboxylic acids is 2. The van der Waals surface area contributed by atoms with Crippen molar-refractivity contribution in [3.8, 4) is 0 Å². The molecular weight excluding hydrogens is 376 g/mol. The van der Waals surface area contributed by atoms with E-state index < -0.39 is 18.1 Å². The molecule has 7 heteroatoms. The fourth-order valence-corrected chi connectivity index (χ4v) is 3.39. The number of amides is 1. The highest BCUT2D eigenvalue weighted by Crippen LogP contribution is 2.13. The summed E-state index contributed by atoms with van der Waals surface area (Å²) < 4.78 is 5.08. The van der Waals surface area contributed by atoms with Crippen LogP contribution in [0.2, 0.25) is 0 Å². The fraction of sp³-hybridized carbons (Fsp3) is 0.190. The highest BCUT2D eigenvalue weighted by atomic mass is 32.1. The first-order valence-corrected chi connectivity index (χ1v) is 9.70. The second kappa shape index (κ2) is 9.66. The Morgan fingerprint density at radius 2 is 1.86 bits per heavy atom. The Hall–Kier alpha value is -3.19. The van der Waals surface area contributed by atoms with E-state index in [1.807, 2.05) is 47.8 Å². The quantitative estimate of drug-likeness (QED) is 0.594. The predicted octanol–water partition coefficient (Wildman–Crippen LogP) is 2.86. The van der Waals surface area contributed by atoms with E-state index in [4.69, 9.17) is 4.74 Å². The lowest BCUT2D eigenvalue weighted by Crippen LogP contribution is -2.36. The Morgan fingerprint density at radius 1 is 1.04 bits per heavy atom. The smallest absolute Gasteiger partial charge is 0.344 e. The van der Waals surface area contributed by atoms with Gasteiger partial charge >= 0.3 is 5.97 Å². The summed E-state index contributed by atoms with van der Waals surface area (Å²) >= 11 is 1.57. The Bertz CT molecular complexity index is 967. The summed E-state index contributed by atoms with van der Waals surface area (Å²) in [4.78, 5) is 41.5. The molecule has 0 aliphatic rings. The molecular formula is C21H20N2O4S. The zero-order chi connectivity index (χ0) is 19.8. The van der Waals surface area contributed by atoms with Gasteiger partial charge < -0.3 is 14.6 Å². The van der Waals surface area contributed by atoms with Gasteiger partial charge in [-0.2, -0.15) is 0 Å². The molecule has 1 amide bonds. The van der Waals surface area contributed by atoms with E-state index in [0.717, 1.165) is 10.4 Å². The van der Waals surface area contributed by atoms with Crippen LogP contribution in [-0.2, 0) is 22.5 Å². The first kappa shape index (κ1) is 19.6. The van der Waals surface area contributed by atoms with Crippen molar-refractivity contribution in [3.63, 3.8) is 0 Å². The summed E-state index contributed by atoms with van der Waals surface area (Å²) in [6, 6.07) is 16.7. The first-order chi connectivity index (χ1) is 13.6. The zero-order valence-corrected chi connectivity index (χ0v) is 16.0. The van der Waals surface area contributed by atoms with Crippen LogP contribution in [0.1, 0.15) is 20.8 Å². The molecule has 0 unspecified atom stereocenters. The van der Waals surface area contributed by atoms with E-state index >= 15 is 0 Å². The summed E-state index contributed by atoms with van der Waals surface area (Å²) in [5, 5.41) is 1.96. The van der Waals surface area contributed by atoms with Crippen LogP contribution in [-0.4, -0.2) is 34.9 Å². The topological polar surface area (TPSA) is 79.5 Å². The number of thiophene rings is 1. The molecule has 0 atom stereocenters. The highest BCUT2D eigenvalue weighted by Gasteiger charge is 2.18. The number of hydrogen-bond donors (Lipinski definition) is 1. The Balaban J connectivity index is 1.63. The van der Waals surface area contributed by atoms with Crippen LogP contribution >= 0.6 is 11.3 Å². The van der Waals surface area contributed by atoms with Gasteiger partial charge in [0.15, 0.2) is 6.61 Å². The minimum Gasteiger partial charge on any atom is -0.452 e. The fourth-order valence-electron chi connectivity index (χ4n) is 2.67. The molecule has 1 N–H and O–H groups in total. The van der Waals surface area contributed by atoms with Crippen LogP contribution in [0.3, 0.4) is 0 Å². The Labute approximate surface area is 166 Å². The van der Waals surface area contributed by atoms with Gasteiger partial charge in [-0.25, -0.2) is 4.79 Å². The number of aromatic nitrogens is 1. The van der Waals surface area contributed by atoms with Crippen molar-refractivity contribution in [1.82, 2.24) is 9.88 Å². The lowest BCUT2D eigenvalue weighted by Gasteiger charge is -2.22. The largest absolute Gasteiger partial charge is 0.452 e. The number of esters is 1. The van der Waals surface area contributed by atoms with Gasteiger partial charge in [-0.1, -0.05) is 36.4 Å². The average Bonchev–Trinajstić information content (AvgIpc) is 3.23. The molecule has 0 bridgehead atoms. The summed E-state index contributed by atoms with van der Waals surface area (Å²) in [6.07, 6.45) is 2.13. The van der Waals surface area contributed by atoms with Crippen LogP contribution in [0.15, 0.2) is 71.0 Å². The molecule has 0 spiro atoms. The normalized spacial score (nSPS) is 10.4. The molecule has 0 aliphatic carbocycles. The van der Waals surface area contributed by atoms with Crippen molar-refractivity contribution >= 4 is 23.2 Å². The number of aromatic amines is 1. The van der Waals surface area contributed by atoms with E-state index in [0.29, 0.717) is 19.5 Å². The molecule has 2 heterocycles. The maximum Gasteiger partial charge on any atom is 0.344 e. The lowest BCUT2D eigenvalue weighted by atomic mass is 10.1. The van der Waals surface area contributed by atoms with E-state index in [-0.39, 0.29) is 11.5 Å². The number of H-pyrrole nitrogens is 1. The van der Waals surface area contributed by atoms with Crippen molar-refractivity contribution < 1.29 is 14.3 Å². The van der Waals surface area contributed by atoms with Crippen molar-refractivity contribution in [1.29, 1.82) is 0 Å². The molecule has 0 saturated carbocycles. The van der Waals surface area contributed by atoms with E-state index in [1.165, 1.54) is 18.3 Å². The van der Waals surface area contributed by atoms with E-state index in [9.17, 15) is 14.4 Å². The highest BCUT2D eigenvalue weighted by molar-refractivity contribution is 7.09. The van der Waals surface area contributed by atoms with Crippen molar-refractivity contribution in [2.24, 2.45) is 0 Å². The number of nitrogens with one attached hydrogen (secondary N) is 1. The minimum absolute atomic E-state index is 0.121. The van der Waals surface area contributed by atoms with Crippen LogP contribution in [0.4, 0.5) is 0 Å². The second-order valence-corrected chi connectivity index (χ2v) is 7.15. The Kier molecular flexibility index (Phi) is 6.75. The summed E-state index contributed by atoms with van der Waals surface area (Å²) in [5.41, 5.74) is 0.461. The van der Waals surface area contributed by atoms with E-state index in [2.05, 4.69) is 4.98 Å². The van der Waals surface area contributed by atoms with Gasteiger partial charge in [0.05, 0.1) is 6.54 Å². The van der Waals surface area contributed by atoms with Crippen molar-refractivity contribution in [2.75, 3.05) is 13.2 Å². The van der Waals surface area contributed by atoms with Gasteiger partial charge in [-0.15, -0.1) is 11.3 Å². The molecule has 144 valence electrons. The van der Waals surface area contributed by atoms with Gasteiger partial charge in [0.2, 0.25) is 0 Å². The van der Waals surface area contributed by atoms with Crippen LogP contribution < -0.4 is 5.56 Å². The molecule has 28 heavy (non-hydrogen) atoms. The summed E-state index contributed by atoms with van der Waals surface area (Å²) in [5.74, 6) is -1.11. The number of hydrogen-bond acceptors (Lipinski definition) is 5. The molecule has 2 aromatic heterocycles. The number of rotatable bonds is 8. The van der Waals surface area contributed by atoms with Crippen LogP contribution in [0.25, 0.3) is 0 Å². The molecule has 0 fully saturated rings. The predicted molar refractivity (Wildman–Crippen MR) is 107 cm³/mol. The third kappa shape index (κ3) is 5.40. The standard InChI is InChI=1S/C21H20N2O4S/c24-19(15-27-21(26)18-9-4-11-22-20(18)25)23(14-17-8-5-13-28-17)12-10-16-6-2-1-3-7-16/h1-9,11,13H,10,12,14-15H2,(H,22,25). The first-order valence-electron chi connectivity index (χ1n) is 8.82. The maximum atomic E-state index is 12.7. The summed E-state index contributed by atoms with van der Waals surface area (Å²) in [7, 11) is 0. The maximum absolute atomic E-state index is 12.7. The van der Waals surface area contributed by atoms with Crippen LogP contribution in [0.5, 0.6) is 0 Å². The molecule has 0 aliphatic heterocycles. The molecule has 1 aromatic carbocycles. The van der Waals surface area contributed by atoms with Crippen LogP contribution in [0, 0.1) is 0 Å². The molecule has 3 aromatic rings. The van der Waals surface area contributed by atoms with Gasteiger partial charge in [-0.05, 0) is 35.6 Å². The number of pyridine rings is 1. The molecule has 0 saturated heterocycles. The second-order valence-electron chi connectivity index (χ2n) is 6.12. The number of benzene rings is 1. The third-order valence-electron chi connectivity index (χ3n) is 4.16. The number of nitrogens with zero attached hydrogens (tertiary/aromatic N) is 1. The van der Waals surface area contributed by atoms with Crippen molar-refractivity contribution in [2.45, 2.75) is 13.0 Å². The van der Waals surface area contributed by atoms with Gasteiger partial charge in [0.1, 0.15) is 5.56 Å². The lowest BCUT2D eigenvalue weighted by molar-refractivity contribution is -0.135. The minimum atomic E-state index is -0.811. The van der Waals surface area contributed by atoms with Gasteiger partial charge in [0, 0.05) is 17.6 Å². The number of carbonyl (C=O) groups is 2. The van der Waals surface area contributed by atoms with Gasteiger partial charge in [-0.3, -0.25) is 9.59 Å². The number of ether oxygens (including phenoxy) is 1. The third-order valence-corrected chi connectivity index (χ3v) is 5.02. The average molecular weight is 396 g/mol. The monoisotopic (exact) mass is 396 g/mol. The molecule has 3 rings (SSSR count). The van der Waals surface area contributed by atoms with Gasteiger partial charge in [0.25, 0.3) is 11.5 Å². The molecule has 0 radical (unpaired) electrons. The summed E-state index contributed by atoms with van der Waals surface area (Å²) in [6.45, 7) is 0.546. The SMILES string of the molecule is O=C(OCC(=O)N(CCc1ccccc1)Cc1cccs1)c1ccc[nH]c1=O.